The van der Waals surface area contributed by atoms with Gasteiger partial charge < -0.3 is 14.4 Å². The van der Waals surface area contributed by atoms with E-state index in [0.717, 1.165) is 23.4 Å². The molecule has 114 valence electrons. The number of carbonyl (C=O) groups excluding carboxylic acids is 1. The van der Waals surface area contributed by atoms with Gasteiger partial charge in [-0.1, -0.05) is 0 Å². The number of ether oxygens (including phenoxy) is 2. The molecule has 1 aromatic heterocycles. The number of hydrogen-bond donors (Lipinski definition) is 0. The highest BCUT2D eigenvalue weighted by Crippen LogP contribution is 2.18. The predicted octanol–water partition coefficient (Wildman–Crippen LogP) is 1.45. The van der Waals surface area contributed by atoms with Crippen molar-refractivity contribution in [1.29, 1.82) is 0 Å². The van der Waals surface area contributed by atoms with Gasteiger partial charge in [0.1, 0.15) is 17.8 Å². The topological polar surface area (TPSA) is 64.6 Å². The number of aromatic nitrogens is 2. The van der Waals surface area contributed by atoms with Crippen LogP contribution in [0.3, 0.4) is 0 Å². The van der Waals surface area contributed by atoms with Gasteiger partial charge in [0.25, 0.3) is 5.91 Å². The number of hydrogen-bond acceptors (Lipinski definition) is 5. The average Bonchev–Trinajstić information content (AvgIpc) is 2.59. The largest absolute Gasteiger partial charge is 0.497 e. The minimum Gasteiger partial charge on any atom is -0.497 e. The van der Waals surface area contributed by atoms with Crippen molar-refractivity contribution in [1.82, 2.24) is 14.9 Å². The van der Waals surface area contributed by atoms with Crippen LogP contribution in [0.4, 0.5) is 0 Å². The standard InChI is InChI=1S/C16H17N3O3/c1-21-13-2-4-14(5-3-13)22-10-16(20)19-7-6-15-12(9-19)8-17-11-18-15/h2-5,8,11H,6-7,9-10H2,1H3. The predicted molar refractivity (Wildman–Crippen MR) is 79.6 cm³/mol. The molecule has 0 N–H and O–H groups in total. The SMILES string of the molecule is COc1ccc(OCC(=O)N2CCc3ncncc3C2)cc1. The zero-order valence-corrected chi connectivity index (χ0v) is 12.4. The van der Waals surface area contributed by atoms with Gasteiger partial charge in [-0.25, -0.2) is 9.97 Å². The van der Waals surface area contributed by atoms with Crippen molar-refractivity contribution in [2.24, 2.45) is 0 Å². The molecular weight excluding hydrogens is 282 g/mol. The first-order chi connectivity index (χ1) is 10.8. The van der Waals surface area contributed by atoms with Crippen LogP contribution in [-0.2, 0) is 17.8 Å². The number of benzene rings is 1. The summed E-state index contributed by atoms with van der Waals surface area (Å²) in [4.78, 5) is 22.3. The Morgan fingerprint density at radius 1 is 1.27 bits per heavy atom. The van der Waals surface area contributed by atoms with E-state index in [1.165, 1.54) is 0 Å². The third kappa shape index (κ3) is 3.16. The van der Waals surface area contributed by atoms with Crippen molar-refractivity contribution < 1.29 is 14.3 Å². The second kappa shape index (κ2) is 6.43. The normalized spacial score (nSPS) is 13.4. The van der Waals surface area contributed by atoms with Crippen LogP contribution in [-0.4, -0.2) is 41.0 Å². The second-order valence-electron chi connectivity index (χ2n) is 5.02. The van der Waals surface area contributed by atoms with Crippen LogP contribution < -0.4 is 9.47 Å². The highest BCUT2D eigenvalue weighted by atomic mass is 16.5. The molecule has 1 amide bonds. The van der Waals surface area contributed by atoms with E-state index in [9.17, 15) is 4.79 Å². The van der Waals surface area contributed by atoms with Gasteiger partial charge >= 0.3 is 0 Å². The maximum atomic E-state index is 12.2. The van der Waals surface area contributed by atoms with Crippen LogP contribution >= 0.6 is 0 Å². The van der Waals surface area contributed by atoms with Crippen molar-refractivity contribution in [3.05, 3.63) is 48.0 Å². The lowest BCUT2D eigenvalue weighted by atomic mass is 10.1. The Kier molecular flexibility index (Phi) is 4.18. The summed E-state index contributed by atoms with van der Waals surface area (Å²) < 4.78 is 10.6. The molecule has 3 rings (SSSR count). The van der Waals surface area contributed by atoms with Crippen LogP contribution in [0.1, 0.15) is 11.3 Å². The van der Waals surface area contributed by atoms with Gasteiger partial charge in [-0.15, -0.1) is 0 Å². The number of methoxy groups -OCH3 is 1. The van der Waals surface area contributed by atoms with E-state index in [1.54, 1.807) is 48.8 Å². The van der Waals surface area contributed by atoms with Gasteiger partial charge in [0, 0.05) is 31.3 Å². The molecule has 0 fully saturated rings. The van der Waals surface area contributed by atoms with Gasteiger partial charge in [-0.2, -0.15) is 0 Å². The summed E-state index contributed by atoms with van der Waals surface area (Å²) in [5, 5.41) is 0. The third-order valence-electron chi connectivity index (χ3n) is 3.64. The number of nitrogens with zero attached hydrogens (tertiary/aromatic N) is 3. The molecule has 0 aliphatic carbocycles. The van der Waals surface area contributed by atoms with Crippen molar-refractivity contribution in [3.8, 4) is 11.5 Å². The van der Waals surface area contributed by atoms with E-state index in [2.05, 4.69) is 9.97 Å². The summed E-state index contributed by atoms with van der Waals surface area (Å²) in [5.41, 5.74) is 2.03. The van der Waals surface area contributed by atoms with Gasteiger partial charge in [0.05, 0.1) is 12.8 Å². The Hall–Kier alpha value is -2.63. The maximum Gasteiger partial charge on any atom is 0.260 e. The molecule has 0 saturated carbocycles. The van der Waals surface area contributed by atoms with E-state index in [1.807, 2.05) is 0 Å². The molecular formula is C16H17N3O3. The second-order valence-corrected chi connectivity index (χ2v) is 5.02. The molecule has 1 aliphatic rings. The highest BCUT2D eigenvalue weighted by molar-refractivity contribution is 5.78. The van der Waals surface area contributed by atoms with Gasteiger partial charge in [-0.05, 0) is 24.3 Å². The maximum absolute atomic E-state index is 12.2. The lowest BCUT2D eigenvalue weighted by Gasteiger charge is -2.27. The number of carbonyl (C=O) groups is 1. The monoisotopic (exact) mass is 299 g/mol. The summed E-state index contributed by atoms with van der Waals surface area (Å²) in [7, 11) is 1.61. The Balaban J connectivity index is 1.56. The summed E-state index contributed by atoms with van der Waals surface area (Å²) >= 11 is 0. The van der Waals surface area contributed by atoms with Gasteiger partial charge in [-0.3, -0.25) is 4.79 Å². The van der Waals surface area contributed by atoms with Crippen molar-refractivity contribution in [2.45, 2.75) is 13.0 Å². The smallest absolute Gasteiger partial charge is 0.260 e. The van der Waals surface area contributed by atoms with Crippen LogP contribution in [0.5, 0.6) is 11.5 Å². The minimum absolute atomic E-state index is 0.0232. The molecule has 0 bridgehead atoms. The Morgan fingerprint density at radius 2 is 2.05 bits per heavy atom. The van der Waals surface area contributed by atoms with Crippen molar-refractivity contribution in [2.75, 3.05) is 20.3 Å². The Morgan fingerprint density at radius 3 is 2.82 bits per heavy atom. The third-order valence-corrected chi connectivity index (χ3v) is 3.64. The van der Waals surface area contributed by atoms with Gasteiger partial charge in [0.15, 0.2) is 6.61 Å². The number of amides is 1. The first-order valence-electron chi connectivity index (χ1n) is 7.08. The first kappa shape index (κ1) is 14.3. The van der Waals surface area contributed by atoms with Gasteiger partial charge in [0.2, 0.25) is 0 Å². The molecule has 0 saturated heterocycles. The molecule has 0 atom stereocenters. The number of rotatable bonds is 4. The number of fused-ring (bicyclic) bond motifs is 1. The lowest BCUT2D eigenvalue weighted by Crippen LogP contribution is -2.39. The van der Waals surface area contributed by atoms with E-state index in [-0.39, 0.29) is 12.5 Å². The molecule has 2 aromatic rings. The van der Waals surface area contributed by atoms with Crippen LogP contribution in [0.15, 0.2) is 36.8 Å². The molecule has 2 heterocycles. The summed E-state index contributed by atoms with van der Waals surface area (Å²) in [5.74, 6) is 1.37. The zero-order valence-electron chi connectivity index (χ0n) is 12.4. The molecule has 0 radical (unpaired) electrons. The highest BCUT2D eigenvalue weighted by Gasteiger charge is 2.21. The molecule has 22 heavy (non-hydrogen) atoms. The van der Waals surface area contributed by atoms with Crippen molar-refractivity contribution in [3.63, 3.8) is 0 Å². The molecule has 6 nitrogen and oxygen atoms in total. The van der Waals surface area contributed by atoms with E-state index >= 15 is 0 Å². The molecule has 1 aromatic carbocycles. The first-order valence-corrected chi connectivity index (χ1v) is 7.08. The van der Waals surface area contributed by atoms with E-state index in [4.69, 9.17) is 9.47 Å². The molecule has 0 unspecified atom stereocenters. The molecule has 0 spiro atoms. The molecule has 1 aliphatic heterocycles. The quantitative estimate of drug-likeness (QED) is 0.855. The van der Waals surface area contributed by atoms with Crippen LogP contribution in [0, 0.1) is 0 Å². The zero-order chi connectivity index (χ0) is 15.4. The fraction of sp³-hybridized carbons (Fsp3) is 0.312. The summed E-state index contributed by atoms with van der Waals surface area (Å²) in [6.07, 6.45) is 4.07. The Labute approximate surface area is 128 Å². The summed E-state index contributed by atoms with van der Waals surface area (Å²) in [6, 6.07) is 7.17. The fourth-order valence-electron chi connectivity index (χ4n) is 2.39. The molecule has 6 heteroatoms. The van der Waals surface area contributed by atoms with Crippen LogP contribution in [0.2, 0.25) is 0 Å². The van der Waals surface area contributed by atoms with Crippen LogP contribution in [0.25, 0.3) is 0 Å². The lowest BCUT2D eigenvalue weighted by molar-refractivity contribution is -0.134. The summed E-state index contributed by atoms with van der Waals surface area (Å²) in [6.45, 7) is 1.23. The average molecular weight is 299 g/mol. The Bertz CT molecular complexity index is 658. The van der Waals surface area contributed by atoms with Crippen molar-refractivity contribution >= 4 is 5.91 Å². The van der Waals surface area contributed by atoms with E-state index < -0.39 is 0 Å². The van der Waals surface area contributed by atoms with E-state index in [0.29, 0.717) is 18.8 Å². The fourth-order valence-corrected chi connectivity index (χ4v) is 2.39. The minimum atomic E-state index is -0.0367.